The van der Waals surface area contributed by atoms with Crippen molar-refractivity contribution in [2.45, 2.75) is 13.1 Å². The first-order valence-electron chi connectivity index (χ1n) is 7.71. The molecule has 0 saturated carbocycles. The van der Waals surface area contributed by atoms with E-state index in [0.29, 0.717) is 18.6 Å². The van der Waals surface area contributed by atoms with Gasteiger partial charge in [0, 0.05) is 28.1 Å². The summed E-state index contributed by atoms with van der Waals surface area (Å²) in [5, 5.41) is 13.2. The Labute approximate surface area is 164 Å². The topological polar surface area (TPSA) is 103 Å². The van der Waals surface area contributed by atoms with Crippen molar-refractivity contribution in [3.63, 3.8) is 0 Å². The molecule has 2 N–H and O–H groups in total. The van der Waals surface area contributed by atoms with Crippen molar-refractivity contribution in [1.82, 2.24) is 19.3 Å². The van der Waals surface area contributed by atoms with Crippen LogP contribution >= 0.6 is 23.7 Å². The minimum absolute atomic E-state index is 0. The number of hydrogen-bond donors (Lipinski definition) is 1. The normalized spacial score (nSPS) is 11.1. The van der Waals surface area contributed by atoms with Gasteiger partial charge in [-0.25, -0.2) is 18.9 Å². The zero-order valence-corrected chi connectivity index (χ0v) is 15.7. The molecule has 3 rings (SSSR count). The van der Waals surface area contributed by atoms with Crippen molar-refractivity contribution >= 4 is 23.7 Å². The number of nitriles is 1. The lowest BCUT2D eigenvalue weighted by atomic mass is 10.2. The predicted octanol–water partition coefficient (Wildman–Crippen LogP) is 2.32. The first kappa shape index (κ1) is 20.5. The summed E-state index contributed by atoms with van der Waals surface area (Å²) in [4.78, 5) is 18.2. The summed E-state index contributed by atoms with van der Waals surface area (Å²) >= 11 is 1.47. The standard InChI is InChI=1S/C17H15FN6OS.ClH/c18-6-12(7-19)9-24-17(25)23(11-22-24)10-13-3-4-16(26-13)14-2-1-5-21-15(14)8-20;/h1-6,11H,7,9-10,19H2;1H/b12-6+;. The van der Waals surface area contributed by atoms with E-state index in [9.17, 15) is 9.18 Å². The molecule has 0 aliphatic rings. The van der Waals surface area contributed by atoms with Gasteiger partial charge >= 0.3 is 5.69 Å². The van der Waals surface area contributed by atoms with E-state index in [2.05, 4.69) is 16.2 Å². The zero-order valence-electron chi connectivity index (χ0n) is 14.1. The molecule has 0 bridgehead atoms. The highest BCUT2D eigenvalue weighted by atomic mass is 35.5. The molecule has 27 heavy (non-hydrogen) atoms. The molecule has 3 aromatic rings. The second-order valence-electron chi connectivity index (χ2n) is 5.45. The Morgan fingerprint density at radius 2 is 2.22 bits per heavy atom. The monoisotopic (exact) mass is 406 g/mol. The summed E-state index contributed by atoms with van der Waals surface area (Å²) < 4.78 is 15.2. The van der Waals surface area contributed by atoms with Crippen LogP contribution in [0.1, 0.15) is 10.6 Å². The molecule has 0 saturated heterocycles. The highest BCUT2D eigenvalue weighted by molar-refractivity contribution is 7.15. The van der Waals surface area contributed by atoms with Gasteiger partial charge in [-0.1, -0.05) is 0 Å². The first-order valence-corrected chi connectivity index (χ1v) is 8.52. The summed E-state index contributed by atoms with van der Waals surface area (Å²) in [5.41, 5.74) is 6.47. The van der Waals surface area contributed by atoms with Gasteiger partial charge in [0.2, 0.25) is 0 Å². The van der Waals surface area contributed by atoms with Gasteiger partial charge < -0.3 is 5.73 Å². The van der Waals surface area contributed by atoms with Crippen molar-refractivity contribution in [3.8, 4) is 16.5 Å². The van der Waals surface area contributed by atoms with Crippen molar-refractivity contribution in [3.05, 3.63) is 69.7 Å². The molecule has 140 valence electrons. The molecule has 0 unspecified atom stereocenters. The van der Waals surface area contributed by atoms with E-state index in [0.717, 1.165) is 15.3 Å². The number of nitrogens with two attached hydrogens (primary N) is 1. The van der Waals surface area contributed by atoms with Crippen LogP contribution in [0, 0.1) is 11.3 Å². The number of thiophene rings is 1. The Morgan fingerprint density at radius 1 is 1.41 bits per heavy atom. The third kappa shape index (κ3) is 4.49. The third-order valence-corrected chi connectivity index (χ3v) is 4.84. The van der Waals surface area contributed by atoms with E-state index >= 15 is 0 Å². The smallest absolute Gasteiger partial charge is 0.327 e. The van der Waals surface area contributed by atoms with Crippen LogP contribution in [-0.2, 0) is 13.1 Å². The van der Waals surface area contributed by atoms with Crippen molar-refractivity contribution in [2.24, 2.45) is 5.73 Å². The summed E-state index contributed by atoms with van der Waals surface area (Å²) in [6.07, 6.45) is 3.39. The van der Waals surface area contributed by atoms with Gasteiger partial charge in [0.25, 0.3) is 0 Å². The van der Waals surface area contributed by atoms with E-state index in [4.69, 9.17) is 11.0 Å². The molecule has 3 heterocycles. The lowest BCUT2D eigenvalue weighted by Crippen LogP contribution is -2.26. The lowest BCUT2D eigenvalue weighted by Gasteiger charge is -2.01. The van der Waals surface area contributed by atoms with E-state index in [1.165, 1.54) is 26.9 Å². The molecule has 0 aliphatic carbocycles. The van der Waals surface area contributed by atoms with Gasteiger partial charge in [-0.05, 0) is 29.8 Å². The van der Waals surface area contributed by atoms with E-state index in [1.54, 1.807) is 12.3 Å². The van der Waals surface area contributed by atoms with Gasteiger partial charge in [0.05, 0.1) is 19.4 Å². The number of halogens is 2. The maximum absolute atomic E-state index is 12.6. The number of pyridine rings is 1. The Kier molecular flexibility index (Phi) is 7.01. The molecule has 0 fully saturated rings. The second kappa shape index (κ2) is 9.23. The molecular weight excluding hydrogens is 391 g/mol. The van der Waals surface area contributed by atoms with Crippen LogP contribution in [0.2, 0.25) is 0 Å². The molecule has 0 aromatic carbocycles. The predicted molar refractivity (Wildman–Crippen MR) is 103 cm³/mol. The van der Waals surface area contributed by atoms with Crippen LogP contribution in [0.3, 0.4) is 0 Å². The van der Waals surface area contributed by atoms with Crippen LogP contribution < -0.4 is 11.4 Å². The summed E-state index contributed by atoms with van der Waals surface area (Å²) in [6, 6.07) is 9.48. The Balaban J connectivity index is 0.00000261. The molecule has 0 amide bonds. The summed E-state index contributed by atoms with van der Waals surface area (Å²) in [7, 11) is 0. The minimum Gasteiger partial charge on any atom is -0.327 e. The summed E-state index contributed by atoms with van der Waals surface area (Å²) in [5.74, 6) is 0. The van der Waals surface area contributed by atoms with Crippen LogP contribution in [0.4, 0.5) is 4.39 Å². The quantitative estimate of drug-likeness (QED) is 0.676. The fraction of sp³-hybridized carbons (Fsp3) is 0.176. The lowest BCUT2D eigenvalue weighted by molar-refractivity contribution is 0.604. The minimum atomic E-state index is -0.341. The van der Waals surface area contributed by atoms with Crippen molar-refractivity contribution in [1.29, 1.82) is 5.26 Å². The Hall–Kier alpha value is -2.80. The molecule has 0 spiro atoms. The van der Waals surface area contributed by atoms with Gasteiger partial charge in [-0.3, -0.25) is 4.57 Å². The first-order chi connectivity index (χ1) is 12.7. The number of aromatic nitrogens is 4. The molecule has 0 aliphatic heterocycles. The van der Waals surface area contributed by atoms with Crippen LogP contribution in [0.5, 0.6) is 0 Å². The Morgan fingerprint density at radius 3 is 2.93 bits per heavy atom. The van der Waals surface area contributed by atoms with Crippen molar-refractivity contribution < 1.29 is 4.39 Å². The molecular formula is C17H16ClFN6OS. The fourth-order valence-corrected chi connectivity index (χ4v) is 3.43. The summed E-state index contributed by atoms with van der Waals surface area (Å²) in [6.45, 7) is 0.384. The zero-order chi connectivity index (χ0) is 18.5. The number of nitrogens with zero attached hydrogens (tertiary/aromatic N) is 5. The molecule has 0 atom stereocenters. The second-order valence-corrected chi connectivity index (χ2v) is 6.62. The average Bonchev–Trinajstić information content (AvgIpc) is 3.28. The Bertz CT molecular complexity index is 1050. The average molecular weight is 407 g/mol. The molecule has 0 radical (unpaired) electrons. The largest absolute Gasteiger partial charge is 0.346 e. The maximum Gasteiger partial charge on any atom is 0.346 e. The highest BCUT2D eigenvalue weighted by Crippen LogP contribution is 2.29. The number of rotatable bonds is 6. The van der Waals surface area contributed by atoms with Gasteiger partial charge in [-0.15, -0.1) is 23.7 Å². The SMILES string of the molecule is Cl.N#Cc1ncccc1-c1ccc(Cn2cnn(C/C(=C/F)CN)c2=O)s1. The van der Waals surface area contributed by atoms with E-state index in [1.807, 2.05) is 18.2 Å². The van der Waals surface area contributed by atoms with Crippen LogP contribution in [0.25, 0.3) is 10.4 Å². The molecule has 10 heteroatoms. The van der Waals surface area contributed by atoms with E-state index < -0.39 is 0 Å². The molecule has 3 aromatic heterocycles. The fourth-order valence-electron chi connectivity index (χ4n) is 2.39. The highest BCUT2D eigenvalue weighted by Gasteiger charge is 2.11. The van der Waals surface area contributed by atoms with E-state index in [-0.39, 0.29) is 36.8 Å². The maximum atomic E-state index is 12.6. The molecule has 7 nitrogen and oxygen atoms in total. The van der Waals surface area contributed by atoms with Crippen LogP contribution in [-0.4, -0.2) is 25.9 Å². The van der Waals surface area contributed by atoms with Gasteiger partial charge in [-0.2, -0.15) is 10.4 Å². The van der Waals surface area contributed by atoms with Gasteiger partial charge in [0.15, 0.2) is 0 Å². The van der Waals surface area contributed by atoms with Gasteiger partial charge in [0.1, 0.15) is 18.1 Å². The van der Waals surface area contributed by atoms with Crippen molar-refractivity contribution in [2.75, 3.05) is 6.54 Å². The van der Waals surface area contributed by atoms with Crippen LogP contribution in [0.15, 0.2) is 53.5 Å². The third-order valence-electron chi connectivity index (χ3n) is 3.73. The number of hydrogen-bond acceptors (Lipinski definition) is 6.